The fourth-order valence-electron chi connectivity index (χ4n) is 2.77. The molecule has 1 aliphatic heterocycles. The van der Waals surface area contributed by atoms with E-state index in [-0.39, 0.29) is 19.0 Å². The van der Waals surface area contributed by atoms with Crippen LogP contribution in [0.5, 0.6) is 0 Å². The van der Waals surface area contributed by atoms with Crippen LogP contribution in [0.4, 0.5) is 13.2 Å². The summed E-state index contributed by atoms with van der Waals surface area (Å²) in [4.78, 5) is 13.9. The van der Waals surface area contributed by atoms with Crippen molar-refractivity contribution in [1.82, 2.24) is 10.2 Å². The summed E-state index contributed by atoms with van der Waals surface area (Å²) in [5.74, 6) is -0.229. The van der Waals surface area contributed by atoms with E-state index in [4.69, 9.17) is 0 Å². The van der Waals surface area contributed by atoms with Gasteiger partial charge in [0.05, 0.1) is 6.04 Å². The summed E-state index contributed by atoms with van der Waals surface area (Å²) in [5.41, 5.74) is -0.545. The van der Waals surface area contributed by atoms with Crippen LogP contribution in [0.25, 0.3) is 0 Å². The number of alkyl halides is 3. The number of amides is 1. The fraction of sp³-hybridized carbons (Fsp3) is 0.588. The lowest BCUT2D eigenvalue weighted by atomic mass is 9.90. The lowest BCUT2D eigenvalue weighted by Gasteiger charge is -2.40. The van der Waals surface area contributed by atoms with Gasteiger partial charge in [0.2, 0.25) is 5.91 Å². The summed E-state index contributed by atoms with van der Waals surface area (Å²) < 4.78 is 38.4. The number of hydrogen-bond donors (Lipinski definition) is 2. The van der Waals surface area contributed by atoms with Crippen molar-refractivity contribution in [2.24, 2.45) is 0 Å². The Hall–Kier alpha value is -1.60. The van der Waals surface area contributed by atoms with Crippen LogP contribution in [0.2, 0.25) is 0 Å². The van der Waals surface area contributed by atoms with Gasteiger partial charge in [0, 0.05) is 19.6 Å². The van der Waals surface area contributed by atoms with Gasteiger partial charge < -0.3 is 10.4 Å². The molecule has 0 bridgehead atoms. The number of aliphatic hydroxyl groups is 1. The molecule has 2 N–H and O–H groups in total. The Morgan fingerprint density at radius 2 is 1.83 bits per heavy atom. The second-order valence-electron chi connectivity index (χ2n) is 6.44. The van der Waals surface area contributed by atoms with E-state index >= 15 is 0 Å². The first-order valence-corrected chi connectivity index (χ1v) is 7.99. The summed E-state index contributed by atoms with van der Waals surface area (Å²) in [6, 6.07) is 7.21. The van der Waals surface area contributed by atoms with Gasteiger partial charge in [-0.3, -0.25) is 9.69 Å². The Kier molecular flexibility index (Phi) is 5.55. The molecule has 7 heteroatoms. The highest BCUT2D eigenvalue weighted by atomic mass is 19.4. The van der Waals surface area contributed by atoms with Crippen LogP contribution in [0.3, 0.4) is 0 Å². The smallest absolute Gasteiger partial charge is 0.380 e. The van der Waals surface area contributed by atoms with Crippen LogP contribution < -0.4 is 5.32 Å². The maximum absolute atomic E-state index is 12.8. The SMILES string of the molecule is Cc1ccc(CNC(=O)C(C)N2CCC(O)(C(F)(F)F)CC2)cc1. The zero-order valence-electron chi connectivity index (χ0n) is 13.9. The van der Waals surface area contributed by atoms with Crippen molar-refractivity contribution in [3.63, 3.8) is 0 Å². The van der Waals surface area contributed by atoms with Crippen molar-refractivity contribution in [1.29, 1.82) is 0 Å². The highest BCUT2D eigenvalue weighted by Gasteiger charge is 2.54. The number of likely N-dealkylation sites (tertiary alicyclic amines) is 1. The van der Waals surface area contributed by atoms with Gasteiger partial charge in [0.15, 0.2) is 5.60 Å². The minimum atomic E-state index is -4.63. The fourth-order valence-corrected chi connectivity index (χ4v) is 2.77. The minimum Gasteiger partial charge on any atom is -0.380 e. The lowest BCUT2D eigenvalue weighted by Crippen LogP contribution is -2.56. The summed E-state index contributed by atoms with van der Waals surface area (Å²) in [6.45, 7) is 4.10. The molecule has 0 aromatic heterocycles. The largest absolute Gasteiger partial charge is 0.417 e. The number of benzene rings is 1. The quantitative estimate of drug-likeness (QED) is 0.882. The molecule has 1 fully saturated rings. The van der Waals surface area contributed by atoms with E-state index < -0.39 is 30.7 Å². The molecule has 1 amide bonds. The molecule has 0 aliphatic carbocycles. The van der Waals surface area contributed by atoms with E-state index in [9.17, 15) is 23.1 Å². The molecule has 1 unspecified atom stereocenters. The molecule has 1 saturated heterocycles. The molecule has 1 aromatic rings. The third kappa shape index (κ3) is 4.27. The van der Waals surface area contributed by atoms with Gasteiger partial charge in [0.25, 0.3) is 0 Å². The zero-order valence-corrected chi connectivity index (χ0v) is 13.9. The summed E-state index contributed by atoms with van der Waals surface area (Å²) in [5, 5.41) is 12.5. The zero-order chi connectivity index (χ0) is 18.0. The minimum absolute atomic E-state index is 0.0368. The van der Waals surface area contributed by atoms with E-state index in [1.807, 2.05) is 31.2 Å². The molecule has 0 saturated carbocycles. The van der Waals surface area contributed by atoms with E-state index in [1.54, 1.807) is 11.8 Å². The van der Waals surface area contributed by atoms with E-state index in [0.29, 0.717) is 6.54 Å². The molecular weight excluding hydrogens is 321 g/mol. The molecule has 1 aliphatic rings. The van der Waals surface area contributed by atoms with E-state index in [2.05, 4.69) is 5.32 Å². The second-order valence-corrected chi connectivity index (χ2v) is 6.44. The van der Waals surface area contributed by atoms with Crippen LogP contribution >= 0.6 is 0 Å². The maximum atomic E-state index is 12.8. The average Bonchev–Trinajstić information content (AvgIpc) is 2.53. The van der Waals surface area contributed by atoms with Gasteiger partial charge in [-0.25, -0.2) is 0 Å². The normalized spacial score (nSPS) is 19.8. The Morgan fingerprint density at radius 3 is 2.33 bits per heavy atom. The number of rotatable bonds is 4. The Bertz CT molecular complexity index is 564. The van der Waals surface area contributed by atoms with Crippen molar-refractivity contribution in [3.8, 4) is 0 Å². The van der Waals surface area contributed by atoms with Crippen molar-refractivity contribution >= 4 is 5.91 Å². The number of hydrogen-bond acceptors (Lipinski definition) is 3. The van der Waals surface area contributed by atoms with Crippen molar-refractivity contribution in [2.75, 3.05) is 13.1 Å². The number of aryl methyl sites for hydroxylation is 1. The molecule has 24 heavy (non-hydrogen) atoms. The van der Waals surface area contributed by atoms with Crippen molar-refractivity contribution in [2.45, 2.75) is 51.1 Å². The molecule has 1 aromatic carbocycles. The van der Waals surface area contributed by atoms with Crippen LogP contribution in [0, 0.1) is 6.92 Å². The predicted octanol–water partition coefficient (Wildman–Crippen LogP) is 2.39. The standard InChI is InChI=1S/C17H23F3N2O2/c1-12-3-5-14(6-4-12)11-21-15(23)13(2)22-9-7-16(24,8-10-22)17(18,19)20/h3-6,13,24H,7-11H2,1-2H3,(H,21,23). The number of halogens is 3. The maximum Gasteiger partial charge on any atom is 0.417 e. The van der Waals surface area contributed by atoms with Gasteiger partial charge in [0.1, 0.15) is 0 Å². The predicted molar refractivity (Wildman–Crippen MR) is 84.3 cm³/mol. The first-order valence-electron chi connectivity index (χ1n) is 7.99. The molecule has 2 rings (SSSR count). The molecule has 1 heterocycles. The number of nitrogens with zero attached hydrogens (tertiary/aromatic N) is 1. The highest BCUT2D eigenvalue weighted by Crippen LogP contribution is 2.38. The number of piperidine rings is 1. The first kappa shape index (κ1) is 18.7. The van der Waals surface area contributed by atoms with Gasteiger partial charge >= 0.3 is 6.18 Å². The molecule has 0 radical (unpaired) electrons. The number of carbonyl (C=O) groups is 1. The van der Waals surface area contributed by atoms with Gasteiger partial charge in [-0.15, -0.1) is 0 Å². The van der Waals surface area contributed by atoms with Gasteiger partial charge in [-0.05, 0) is 32.3 Å². The van der Waals surface area contributed by atoms with E-state index in [0.717, 1.165) is 11.1 Å². The third-order valence-corrected chi connectivity index (χ3v) is 4.67. The summed E-state index contributed by atoms with van der Waals surface area (Å²) in [6.07, 6.45) is -5.45. The third-order valence-electron chi connectivity index (χ3n) is 4.67. The van der Waals surface area contributed by atoms with Crippen molar-refractivity contribution < 1.29 is 23.1 Å². The number of carbonyl (C=O) groups excluding carboxylic acids is 1. The Labute approximate surface area is 139 Å². The summed E-state index contributed by atoms with van der Waals surface area (Å²) >= 11 is 0. The van der Waals surface area contributed by atoms with Crippen LogP contribution in [-0.4, -0.2) is 46.8 Å². The van der Waals surface area contributed by atoms with E-state index in [1.165, 1.54) is 0 Å². The van der Waals surface area contributed by atoms with Crippen LogP contribution in [0.1, 0.15) is 30.9 Å². The lowest BCUT2D eigenvalue weighted by molar-refractivity contribution is -0.273. The Morgan fingerprint density at radius 1 is 1.29 bits per heavy atom. The van der Waals surface area contributed by atoms with Gasteiger partial charge in [-0.2, -0.15) is 13.2 Å². The Balaban J connectivity index is 1.85. The molecule has 1 atom stereocenters. The highest BCUT2D eigenvalue weighted by molar-refractivity contribution is 5.81. The molecule has 0 spiro atoms. The monoisotopic (exact) mass is 344 g/mol. The second kappa shape index (κ2) is 7.11. The van der Waals surface area contributed by atoms with Crippen molar-refractivity contribution in [3.05, 3.63) is 35.4 Å². The summed E-state index contributed by atoms with van der Waals surface area (Å²) in [7, 11) is 0. The van der Waals surface area contributed by atoms with Crippen LogP contribution in [-0.2, 0) is 11.3 Å². The molecule has 134 valence electrons. The molecular formula is C17H23F3N2O2. The topological polar surface area (TPSA) is 52.6 Å². The average molecular weight is 344 g/mol. The molecule has 4 nitrogen and oxygen atoms in total. The van der Waals surface area contributed by atoms with Crippen LogP contribution in [0.15, 0.2) is 24.3 Å². The van der Waals surface area contributed by atoms with Gasteiger partial charge in [-0.1, -0.05) is 29.8 Å². The first-order chi connectivity index (χ1) is 11.1. The number of nitrogens with one attached hydrogen (secondary N) is 1.